The molecule has 0 aliphatic rings. The molecule has 0 aliphatic heterocycles. The molecule has 0 atom stereocenters. The molecule has 22 heavy (non-hydrogen) atoms. The molecule has 114 valence electrons. The van der Waals surface area contributed by atoms with Gasteiger partial charge >= 0.3 is 12.1 Å². The molecule has 2 aromatic rings. The van der Waals surface area contributed by atoms with E-state index >= 15 is 0 Å². The van der Waals surface area contributed by atoms with Crippen LogP contribution in [0.4, 0.5) is 4.79 Å². The summed E-state index contributed by atoms with van der Waals surface area (Å²) >= 11 is 0. The molecule has 0 spiro atoms. The fraction of sp³-hybridized carbons (Fsp3) is 0.125. The van der Waals surface area contributed by atoms with Crippen LogP contribution in [-0.2, 0) is 9.53 Å². The summed E-state index contributed by atoms with van der Waals surface area (Å²) in [5.41, 5.74) is 0. The van der Waals surface area contributed by atoms with Crippen LogP contribution < -0.4 is 14.8 Å². The molecule has 2 rings (SSSR count). The number of carbonyl (C=O) groups is 2. The predicted molar refractivity (Wildman–Crippen MR) is 78.5 cm³/mol. The Balaban J connectivity index is 1.61. The lowest BCUT2D eigenvalue weighted by Crippen LogP contribution is -2.31. The summed E-state index contributed by atoms with van der Waals surface area (Å²) in [5.74, 6) is 0.374. The van der Waals surface area contributed by atoms with Crippen LogP contribution in [0.25, 0.3) is 0 Å². The van der Waals surface area contributed by atoms with Gasteiger partial charge in [-0.2, -0.15) is 0 Å². The molecule has 6 heteroatoms. The molecule has 0 saturated carbocycles. The van der Waals surface area contributed by atoms with Crippen molar-refractivity contribution in [2.45, 2.75) is 0 Å². The van der Waals surface area contributed by atoms with E-state index in [9.17, 15) is 9.59 Å². The van der Waals surface area contributed by atoms with Gasteiger partial charge in [0.15, 0.2) is 13.3 Å². The molecule has 1 amide bonds. The lowest BCUT2D eigenvalue weighted by Gasteiger charge is -2.08. The second-order valence-electron chi connectivity index (χ2n) is 4.14. The third-order valence-electron chi connectivity index (χ3n) is 2.50. The largest absolute Gasteiger partial charge is 0.482 e. The molecule has 0 aromatic heterocycles. The summed E-state index contributed by atoms with van der Waals surface area (Å²) in [6, 6.07) is 17.4. The maximum Gasteiger partial charge on any atom is 0.415 e. The van der Waals surface area contributed by atoms with Crippen LogP contribution >= 0.6 is 0 Å². The third-order valence-corrected chi connectivity index (χ3v) is 2.50. The number of benzene rings is 2. The van der Waals surface area contributed by atoms with Crippen molar-refractivity contribution in [3.63, 3.8) is 0 Å². The third kappa shape index (κ3) is 5.54. The Hall–Kier alpha value is -3.02. The van der Waals surface area contributed by atoms with Crippen LogP contribution in [0.5, 0.6) is 11.5 Å². The van der Waals surface area contributed by atoms with E-state index in [0.29, 0.717) is 11.5 Å². The van der Waals surface area contributed by atoms with E-state index in [0.717, 1.165) is 0 Å². The van der Waals surface area contributed by atoms with Gasteiger partial charge in [0.25, 0.3) is 0 Å². The average molecular weight is 301 g/mol. The highest BCUT2D eigenvalue weighted by molar-refractivity contribution is 5.72. The highest BCUT2D eigenvalue weighted by Gasteiger charge is 2.07. The van der Waals surface area contributed by atoms with Gasteiger partial charge in [-0.25, -0.2) is 9.59 Å². The van der Waals surface area contributed by atoms with Gasteiger partial charge in [-0.1, -0.05) is 36.4 Å². The summed E-state index contributed by atoms with van der Waals surface area (Å²) in [6.45, 7) is -0.526. The molecule has 0 unspecified atom stereocenters. The van der Waals surface area contributed by atoms with Crippen LogP contribution in [0.1, 0.15) is 0 Å². The number of carbonyl (C=O) groups excluding carboxylic acids is 2. The Morgan fingerprint density at radius 2 is 1.45 bits per heavy atom. The van der Waals surface area contributed by atoms with Gasteiger partial charge < -0.3 is 14.2 Å². The van der Waals surface area contributed by atoms with E-state index in [4.69, 9.17) is 14.2 Å². The summed E-state index contributed by atoms with van der Waals surface area (Å²) in [6.07, 6.45) is -0.706. The number of hydrogen-bond acceptors (Lipinski definition) is 5. The Labute approximate surface area is 127 Å². The Kier molecular flexibility index (Phi) is 5.80. The van der Waals surface area contributed by atoms with Crippen molar-refractivity contribution in [1.29, 1.82) is 0 Å². The maximum absolute atomic E-state index is 11.4. The van der Waals surface area contributed by atoms with E-state index < -0.39 is 12.1 Å². The van der Waals surface area contributed by atoms with E-state index in [1.165, 1.54) is 0 Å². The molecule has 0 heterocycles. The molecule has 2 aromatic carbocycles. The Bertz CT molecular complexity index is 600. The van der Waals surface area contributed by atoms with Gasteiger partial charge in [-0.05, 0) is 24.3 Å². The predicted octanol–water partition coefficient (Wildman–Crippen LogP) is 2.35. The van der Waals surface area contributed by atoms with Gasteiger partial charge in [0.1, 0.15) is 11.5 Å². The van der Waals surface area contributed by atoms with E-state index in [1.807, 2.05) is 6.07 Å². The number of esters is 1. The van der Waals surface area contributed by atoms with Crippen molar-refractivity contribution in [1.82, 2.24) is 5.32 Å². The van der Waals surface area contributed by atoms with Gasteiger partial charge in [0.2, 0.25) is 0 Å². The van der Waals surface area contributed by atoms with E-state index in [1.54, 1.807) is 54.6 Å². The fourth-order valence-corrected chi connectivity index (χ4v) is 1.51. The number of amides is 1. The first-order valence-corrected chi connectivity index (χ1v) is 6.58. The van der Waals surface area contributed by atoms with Crippen LogP contribution in [0.15, 0.2) is 60.7 Å². The van der Waals surface area contributed by atoms with Crippen molar-refractivity contribution in [3.05, 3.63) is 60.7 Å². The smallest absolute Gasteiger partial charge is 0.415 e. The summed E-state index contributed by atoms with van der Waals surface area (Å²) in [4.78, 5) is 22.8. The molecule has 0 radical (unpaired) electrons. The molecule has 0 aliphatic carbocycles. The van der Waals surface area contributed by atoms with Crippen molar-refractivity contribution >= 4 is 12.1 Å². The number of para-hydroxylation sites is 2. The standard InChI is InChI=1S/C16H15NO5/c18-15(11-20-13-7-3-1-4-8-13)21-12-17-16(19)22-14-9-5-2-6-10-14/h1-10H,11-12H2,(H,17,19). The maximum atomic E-state index is 11.4. The quantitative estimate of drug-likeness (QED) is 0.655. The second kappa shape index (κ2) is 8.31. The molecule has 0 saturated heterocycles. The first-order chi connectivity index (χ1) is 10.7. The second-order valence-corrected chi connectivity index (χ2v) is 4.14. The normalized spacial score (nSPS) is 9.64. The topological polar surface area (TPSA) is 73.9 Å². The first kappa shape index (κ1) is 15.4. The minimum atomic E-state index is -0.706. The minimum Gasteiger partial charge on any atom is -0.482 e. The minimum absolute atomic E-state index is 0.237. The monoisotopic (exact) mass is 301 g/mol. The first-order valence-electron chi connectivity index (χ1n) is 6.58. The lowest BCUT2D eigenvalue weighted by atomic mass is 10.3. The van der Waals surface area contributed by atoms with Crippen molar-refractivity contribution in [3.8, 4) is 11.5 Å². The zero-order valence-corrected chi connectivity index (χ0v) is 11.7. The number of rotatable bonds is 6. The molecular weight excluding hydrogens is 286 g/mol. The molecule has 6 nitrogen and oxygen atoms in total. The highest BCUT2D eigenvalue weighted by atomic mass is 16.6. The summed E-state index contributed by atoms with van der Waals surface area (Å²) < 4.78 is 15.0. The lowest BCUT2D eigenvalue weighted by molar-refractivity contribution is -0.146. The van der Waals surface area contributed by atoms with Crippen LogP contribution in [0.3, 0.4) is 0 Å². The molecular formula is C16H15NO5. The molecule has 0 fully saturated rings. The zero-order valence-electron chi connectivity index (χ0n) is 11.7. The highest BCUT2D eigenvalue weighted by Crippen LogP contribution is 2.08. The Morgan fingerprint density at radius 3 is 2.09 bits per heavy atom. The van der Waals surface area contributed by atoms with Crippen LogP contribution in [-0.4, -0.2) is 25.4 Å². The molecule has 1 N–H and O–H groups in total. The number of nitrogens with one attached hydrogen (secondary N) is 1. The van der Waals surface area contributed by atoms with Crippen molar-refractivity contribution in [2.24, 2.45) is 0 Å². The number of ether oxygens (including phenoxy) is 3. The van der Waals surface area contributed by atoms with Gasteiger partial charge in [0.05, 0.1) is 0 Å². The van der Waals surface area contributed by atoms with Crippen molar-refractivity contribution < 1.29 is 23.8 Å². The van der Waals surface area contributed by atoms with E-state index in [-0.39, 0.29) is 13.3 Å². The zero-order chi connectivity index (χ0) is 15.6. The van der Waals surface area contributed by atoms with E-state index in [2.05, 4.69) is 5.32 Å². The number of hydrogen-bond donors (Lipinski definition) is 1. The van der Waals surface area contributed by atoms with Crippen LogP contribution in [0.2, 0.25) is 0 Å². The summed E-state index contributed by atoms with van der Waals surface area (Å²) in [5, 5.41) is 2.30. The fourth-order valence-electron chi connectivity index (χ4n) is 1.51. The molecule has 0 bridgehead atoms. The van der Waals surface area contributed by atoms with Crippen LogP contribution in [0, 0.1) is 0 Å². The average Bonchev–Trinajstić information content (AvgIpc) is 2.55. The van der Waals surface area contributed by atoms with Gasteiger partial charge in [-0.15, -0.1) is 0 Å². The summed E-state index contributed by atoms with van der Waals surface area (Å²) in [7, 11) is 0. The Morgan fingerprint density at radius 1 is 0.864 bits per heavy atom. The van der Waals surface area contributed by atoms with Gasteiger partial charge in [0, 0.05) is 0 Å². The SMILES string of the molecule is O=C(COc1ccccc1)OCNC(=O)Oc1ccccc1. The van der Waals surface area contributed by atoms with Crippen molar-refractivity contribution in [2.75, 3.05) is 13.3 Å². The van der Waals surface area contributed by atoms with Gasteiger partial charge in [-0.3, -0.25) is 5.32 Å².